The molecule has 1 aromatic heterocycles. The summed E-state index contributed by atoms with van der Waals surface area (Å²) >= 11 is 0. The van der Waals surface area contributed by atoms with E-state index in [1.807, 2.05) is 0 Å². The smallest absolute Gasteiger partial charge is 0.358 e. The predicted molar refractivity (Wildman–Crippen MR) is 72.3 cm³/mol. The second-order valence-electron chi connectivity index (χ2n) is 3.89. The van der Waals surface area contributed by atoms with Crippen LogP contribution in [-0.4, -0.2) is 56.6 Å². The fraction of sp³-hybridized carbons (Fsp3) is 0.333. The van der Waals surface area contributed by atoms with E-state index in [4.69, 9.17) is 5.11 Å². The second kappa shape index (κ2) is 7.72. The Labute approximate surface area is 116 Å². The highest BCUT2D eigenvalue weighted by atomic mass is 16.4. The van der Waals surface area contributed by atoms with E-state index in [2.05, 4.69) is 28.8 Å². The van der Waals surface area contributed by atoms with E-state index in [0.717, 1.165) is 0 Å². The Morgan fingerprint density at radius 3 is 2.55 bits per heavy atom. The number of aromatic nitrogens is 3. The van der Waals surface area contributed by atoms with E-state index >= 15 is 0 Å². The van der Waals surface area contributed by atoms with E-state index in [1.54, 1.807) is 12.2 Å². The minimum atomic E-state index is -1.14. The molecule has 0 aliphatic heterocycles. The van der Waals surface area contributed by atoms with Crippen LogP contribution in [0.3, 0.4) is 0 Å². The Hall–Kier alpha value is -2.64. The zero-order chi connectivity index (χ0) is 15.0. The number of carbonyl (C=O) groups is 2. The number of carboxylic acid groups (broad SMARTS) is 1. The van der Waals surface area contributed by atoms with Gasteiger partial charge in [-0.1, -0.05) is 17.4 Å². The van der Waals surface area contributed by atoms with Crippen LogP contribution in [0.25, 0.3) is 0 Å². The topological polar surface area (TPSA) is 100 Å². The zero-order valence-corrected chi connectivity index (χ0v) is 11.0. The molecule has 1 heterocycles. The molecule has 0 atom stereocenters. The number of hydrogen-bond donors (Lipinski definition) is 2. The molecule has 0 saturated heterocycles. The molecule has 0 aliphatic rings. The van der Waals surface area contributed by atoms with E-state index in [0.29, 0.717) is 26.2 Å². The maximum Gasteiger partial charge on any atom is 0.358 e. The molecule has 108 valence electrons. The summed E-state index contributed by atoms with van der Waals surface area (Å²) in [6, 6.07) is -0.247. The number of urea groups is 1. The Morgan fingerprint density at radius 2 is 2.05 bits per heavy atom. The lowest BCUT2D eigenvalue weighted by Crippen LogP contribution is -2.41. The van der Waals surface area contributed by atoms with Gasteiger partial charge in [0.25, 0.3) is 0 Å². The SMILES string of the molecule is C=CCN(CC=C)C(=O)NCCn1cc(C(=O)O)nn1. The highest BCUT2D eigenvalue weighted by Crippen LogP contribution is 1.93. The van der Waals surface area contributed by atoms with E-state index in [9.17, 15) is 9.59 Å². The van der Waals surface area contributed by atoms with Crippen LogP contribution in [0.15, 0.2) is 31.5 Å². The molecular weight excluding hydrogens is 262 g/mol. The lowest BCUT2D eigenvalue weighted by molar-refractivity contribution is 0.0690. The van der Waals surface area contributed by atoms with Crippen LogP contribution in [0.2, 0.25) is 0 Å². The maximum atomic E-state index is 11.8. The van der Waals surface area contributed by atoms with Crippen molar-refractivity contribution in [3.63, 3.8) is 0 Å². The third-order valence-corrected chi connectivity index (χ3v) is 2.36. The molecule has 0 bridgehead atoms. The average molecular weight is 279 g/mol. The minimum Gasteiger partial charge on any atom is -0.476 e. The van der Waals surface area contributed by atoms with Gasteiger partial charge in [-0.05, 0) is 0 Å². The van der Waals surface area contributed by atoms with Crippen molar-refractivity contribution in [3.05, 3.63) is 37.2 Å². The van der Waals surface area contributed by atoms with Gasteiger partial charge in [0.05, 0.1) is 12.7 Å². The number of carboxylic acids is 1. The van der Waals surface area contributed by atoms with Crippen LogP contribution in [0.1, 0.15) is 10.5 Å². The van der Waals surface area contributed by atoms with Crippen molar-refractivity contribution >= 4 is 12.0 Å². The third kappa shape index (κ3) is 4.56. The Morgan fingerprint density at radius 1 is 1.40 bits per heavy atom. The fourth-order valence-corrected chi connectivity index (χ4v) is 1.45. The summed E-state index contributed by atoms with van der Waals surface area (Å²) in [6.07, 6.45) is 4.55. The van der Waals surface area contributed by atoms with Gasteiger partial charge in [-0.2, -0.15) is 0 Å². The molecule has 0 fully saturated rings. The molecular formula is C12H17N5O3. The van der Waals surface area contributed by atoms with Crippen molar-refractivity contribution in [1.82, 2.24) is 25.2 Å². The van der Waals surface area contributed by atoms with E-state index in [1.165, 1.54) is 15.8 Å². The Kier molecular flexibility index (Phi) is 5.95. The van der Waals surface area contributed by atoms with Gasteiger partial charge in [-0.3, -0.25) is 0 Å². The number of hydrogen-bond acceptors (Lipinski definition) is 4. The molecule has 0 radical (unpaired) electrons. The normalized spacial score (nSPS) is 9.80. The minimum absolute atomic E-state index is 0.128. The van der Waals surface area contributed by atoms with Crippen LogP contribution >= 0.6 is 0 Å². The van der Waals surface area contributed by atoms with Crippen LogP contribution in [0.5, 0.6) is 0 Å². The van der Waals surface area contributed by atoms with Crippen molar-refractivity contribution < 1.29 is 14.7 Å². The first-order chi connectivity index (χ1) is 9.58. The third-order valence-electron chi connectivity index (χ3n) is 2.36. The summed E-state index contributed by atoms with van der Waals surface area (Å²) in [6.45, 7) is 8.65. The monoisotopic (exact) mass is 279 g/mol. The first-order valence-electron chi connectivity index (χ1n) is 5.96. The summed E-state index contributed by atoms with van der Waals surface area (Å²) in [7, 11) is 0. The number of nitrogens with zero attached hydrogens (tertiary/aromatic N) is 4. The quantitative estimate of drug-likeness (QED) is 0.669. The van der Waals surface area contributed by atoms with E-state index < -0.39 is 5.97 Å². The van der Waals surface area contributed by atoms with Gasteiger partial charge < -0.3 is 15.3 Å². The number of rotatable bonds is 8. The molecule has 8 nitrogen and oxygen atoms in total. The lowest BCUT2D eigenvalue weighted by Gasteiger charge is -2.19. The second-order valence-corrected chi connectivity index (χ2v) is 3.89. The molecule has 0 saturated carbocycles. The van der Waals surface area contributed by atoms with Crippen LogP contribution in [0, 0.1) is 0 Å². The maximum absolute atomic E-state index is 11.8. The summed E-state index contributed by atoms with van der Waals surface area (Å²) in [5.74, 6) is -1.14. The van der Waals surface area contributed by atoms with Crippen molar-refractivity contribution in [2.45, 2.75) is 6.54 Å². The molecule has 0 unspecified atom stereocenters. The summed E-state index contributed by atoms with van der Waals surface area (Å²) in [5, 5.41) is 18.5. The lowest BCUT2D eigenvalue weighted by atomic mass is 10.4. The summed E-state index contributed by atoms with van der Waals surface area (Å²) < 4.78 is 1.36. The van der Waals surface area contributed by atoms with Gasteiger partial charge in [-0.25, -0.2) is 14.3 Å². The standard InChI is InChI=1S/C12H17N5O3/c1-3-6-16(7-4-2)12(20)13-5-8-17-9-10(11(18)19)14-15-17/h3-4,9H,1-2,5-8H2,(H,13,20)(H,18,19). The molecule has 0 aromatic carbocycles. The van der Waals surface area contributed by atoms with Gasteiger partial charge in [0.2, 0.25) is 0 Å². The molecule has 8 heteroatoms. The molecule has 0 spiro atoms. The van der Waals surface area contributed by atoms with Gasteiger partial charge in [-0.15, -0.1) is 18.3 Å². The van der Waals surface area contributed by atoms with Gasteiger partial charge in [0.15, 0.2) is 5.69 Å². The highest BCUT2D eigenvalue weighted by molar-refractivity contribution is 5.84. The van der Waals surface area contributed by atoms with Crippen LogP contribution in [0.4, 0.5) is 4.79 Å². The van der Waals surface area contributed by atoms with Crippen molar-refractivity contribution in [2.24, 2.45) is 0 Å². The van der Waals surface area contributed by atoms with Crippen LogP contribution < -0.4 is 5.32 Å². The fourth-order valence-electron chi connectivity index (χ4n) is 1.45. The molecule has 20 heavy (non-hydrogen) atoms. The largest absolute Gasteiger partial charge is 0.476 e. The van der Waals surface area contributed by atoms with Gasteiger partial charge >= 0.3 is 12.0 Å². The molecule has 1 aromatic rings. The van der Waals surface area contributed by atoms with E-state index in [-0.39, 0.29) is 11.7 Å². The highest BCUT2D eigenvalue weighted by Gasteiger charge is 2.10. The molecule has 2 N–H and O–H groups in total. The predicted octanol–water partition coefficient (Wildman–Crippen LogP) is 0.360. The zero-order valence-electron chi connectivity index (χ0n) is 11.0. The van der Waals surface area contributed by atoms with Crippen molar-refractivity contribution in [2.75, 3.05) is 19.6 Å². The van der Waals surface area contributed by atoms with Gasteiger partial charge in [0, 0.05) is 19.6 Å². The Bertz CT molecular complexity index is 487. The number of carbonyl (C=O) groups excluding carboxylic acids is 1. The number of nitrogens with one attached hydrogen (secondary N) is 1. The first-order valence-corrected chi connectivity index (χ1v) is 5.96. The van der Waals surface area contributed by atoms with Gasteiger partial charge in [0.1, 0.15) is 0 Å². The average Bonchev–Trinajstić information content (AvgIpc) is 2.87. The molecule has 0 aliphatic carbocycles. The summed E-state index contributed by atoms with van der Waals surface area (Å²) in [4.78, 5) is 24.0. The summed E-state index contributed by atoms with van der Waals surface area (Å²) in [5.41, 5.74) is -0.128. The number of aromatic carboxylic acids is 1. The van der Waals surface area contributed by atoms with Crippen molar-refractivity contribution in [3.8, 4) is 0 Å². The Balaban J connectivity index is 2.41. The molecule has 1 rings (SSSR count). The number of amides is 2. The van der Waals surface area contributed by atoms with Crippen molar-refractivity contribution in [1.29, 1.82) is 0 Å². The first kappa shape index (κ1) is 15.4. The molecule has 2 amide bonds. The van der Waals surface area contributed by atoms with Crippen LogP contribution in [-0.2, 0) is 6.54 Å².